The molecule has 0 spiro atoms. The first kappa shape index (κ1) is 21.9. The van der Waals surface area contributed by atoms with Crippen molar-refractivity contribution < 1.29 is 31.1 Å². The van der Waals surface area contributed by atoms with Crippen LogP contribution in [0.1, 0.15) is 34.3 Å². The highest BCUT2D eigenvalue weighted by molar-refractivity contribution is 5.94. The third kappa shape index (κ3) is 5.43. The van der Waals surface area contributed by atoms with Gasteiger partial charge in [-0.15, -0.1) is 0 Å². The maximum atomic E-state index is 12.9. The Kier molecular flexibility index (Phi) is 6.23. The molecule has 1 aliphatic rings. The van der Waals surface area contributed by atoms with Crippen LogP contribution in [0, 0.1) is 5.92 Å². The van der Waals surface area contributed by atoms with Crippen LogP contribution in [0.5, 0.6) is 0 Å². The van der Waals surface area contributed by atoms with E-state index in [1.165, 1.54) is 0 Å². The van der Waals surface area contributed by atoms with E-state index in [2.05, 4.69) is 15.2 Å². The first-order valence-corrected chi connectivity index (χ1v) is 9.27. The number of aromatic nitrogens is 1. The first-order valence-electron chi connectivity index (χ1n) is 9.27. The van der Waals surface area contributed by atoms with Crippen LogP contribution in [-0.4, -0.2) is 30.5 Å². The third-order valence-electron chi connectivity index (χ3n) is 4.99. The fraction of sp³-hybridized carbons (Fsp3) is 0.400. The van der Waals surface area contributed by atoms with Gasteiger partial charge in [0, 0.05) is 31.4 Å². The van der Waals surface area contributed by atoms with E-state index in [4.69, 9.17) is 0 Å². The number of carbonyl (C=O) groups excluding carboxylic acids is 1. The Morgan fingerprint density at radius 1 is 1.00 bits per heavy atom. The lowest BCUT2D eigenvalue weighted by Gasteiger charge is -2.32. The van der Waals surface area contributed by atoms with Crippen LogP contribution in [0.3, 0.4) is 0 Å². The molecule has 0 atom stereocenters. The van der Waals surface area contributed by atoms with Gasteiger partial charge >= 0.3 is 12.4 Å². The van der Waals surface area contributed by atoms with Crippen molar-refractivity contribution in [2.24, 2.45) is 5.92 Å². The first-order chi connectivity index (χ1) is 14.0. The molecule has 1 N–H and O–H groups in total. The largest absolute Gasteiger partial charge is 0.416 e. The van der Waals surface area contributed by atoms with Crippen molar-refractivity contribution in [1.82, 2.24) is 10.3 Å². The fourth-order valence-electron chi connectivity index (χ4n) is 3.33. The van der Waals surface area contributed by atoms with Crippen molar-refractivity contribution in [3.63, 3.8) is 0 Å². The van der Waals surface area contributed by atoms with Gasteiger partial charge in [0.25, 0.3) is 5.91 Å². The normalized spacial score (nSPS) is 15.9. The zero-order valence-corrected chi connectivity index (χ0v) is 15.7. The Morgan fingerprint density at radius 2 is 1.60 bits per heavy atom. The fourth-order valence-corrected chi connectivity index (χ4v) is 3.33. The average Bonchev–Trinajstić information content (AvgIpc) is 2.71. The van der Waals surface area contributed by atoms with Crippen molar-refractivity contribution in [2.75, 3.05) is 24.5 Å². The minimum atomic E-state index is -4.99. The minimum absolute atomic E-state index is 0.00409. The van der Waals surface area contributed by atoms with E-state index < -0.39 is 35.0 Å². The molecule has 2 heterocycles. The average molecular weight is 431 g/mol. The van der Waals surface area contributed by atoms with Crippen molar-refractivity contribution in [1.29, 1.82) is 0 Å². The second-order valence-electron chi connectivity index (χ2n) is 7.12. The molecule has 4 nitrogen and oxygen atoms in total. The predicted molar refractivity (Wildman–Crippen MR) is 98.0 cm³/mol. The molecule has 1 aromatic heterocycles. The summed E-state index contributed by atoms with van der Waals surface area (Å²) in [6.07, 6.45) is -6.87. The zero-order valence-electron chi connectivity index (χ0n) is 15.7. The van der Waals surface area contributed by atoms with Gasteiger partial charge in [-0.25, -0.2) is 4.98 Å². The summed E-state index contributed by atoms with van der Waals surface area (Å²) < 4.78 is 77.7. The number of hydrogen-bond acceptors (Lipinski definition) is 3. The zero-order chi connectivity index (χ0) is 21.9. The van der Waals surface area contributed by atoms with E-state index in [0.717, 1.165) is 5.82 Å². The summed E-state index contributed by atoms with van der Waals surface area (Å²) in [5.74, 6) is -0.0517. The third-order valence-corrected chi connectivity index (χ3v) is 4.99. The van der Waals surface area contributed by atoms with Gasteiger partial charge in [-0.1, -0.05) is 6.07 Å². The summed E-state index contributed by atoms with van der Waals surface area (Å²) in [4.78, 5) is 18.6. The summed E-state index contributed by atoms with van der Waals surface area (Å²) in [7, 11) is 0. The topological polar surface area (TPSA) is 45.2 Å². The molecule has 1 aliphatic heterocycles. The smallest absolute Gasteiger partial charge is 0.357 e. The van der Waals surface area contributed by atoms with E-state index in [-0.39, 0.29) is 18.5 Å². The summed E-state index contributed by atoms with van der Waals surface area (Å²) in [5, 5.41) is 2.47. The molecule has 1 amide bonds. The number of carbonyl (C=O) groups is 1. The van der Waals surface area contributed by atoms with Crippen LogP contribution in [0.15, 0.2) is 42.6 Å². The van der Waals surface area contributed by atoms with Crippen LogP contribution in [0.4, 0.5) is 32.2 Å². The molecular formula is C20H19F6N3O. The van der Waals surface area contributed by atoms with Gasteiger partial charge in [-0.3, -0.25) is 4.79 Å². The van der Waals surface area contributed by atoms with E-state index in [1.807, 2.05) is 18.2 Å². The number of amides is 1. The number of anilines is 1. The molecule has 0 saturated carbocycles. The minimum Gasteiger partial charge on any atom is -0.357 e. The van der Waals surface area contributed by atoms with E-state index in [0.29, 0.717) is 38.1 Å². The van der Waals surface area contributed by atoms with E-state index in [9.17, 15) is 31.1 Å². The highest BCUT2D eigenvalue weighted by Crippen LogP contribution is 2.36. The summed E-state index contributed by atoms with van der Waals surface area (Å²) in [5.41, 5.74) is -3.68. The lowest BCUT2D eigenvalue weighted by atomic mass is 9.96. The highest BCUT2D eigenvalue weighted by atomic mass is 19.4. The molecule has 0 radical (unpaired) electrons. The molecule has 10 heteroatoms. The lowest BCUT2D eigenvalue weighted by Crippen LogP contribution is -2.39. The predicted octanol–water partition coefficient (Wildman–Crippen LogP) is 4.77. The second-order valence-corrected chi connectivity index (χ2v) is 7.12. The maximum Gasteiger partial charge on any atom is 0.416 e. The SMILES string of the molecule is O=C(NCC1CCN(c2ccccn2)CC1)c1cc(C(F)(F)F)cc(C(F)(F)F)c1. The van der Waals surface area contributed by atoms with Crippen LogP contribution >= 0.6 is 0 Å². The number of pyridine rings is 1. The molecular weight excluding hydrogens is 412 g/mol. The molecule has 3 rings (SSSR count). The van der Waals surface area contributed by atoms with Crippen molar-refractivity contribution >= 4 is 11.7 Å². The number of piperidine rings is 1. The van der Waals surface area contributed by atoms with Crippen LogP contribution in [0.25, 0.3) is 0 Å². The molecule has 1 fully saturated rings. The number of benzene rings is 1. The number of hydrogen-bond donors (Lipinski definition) is 1. The van der Waals surface area contributed by atoms with E-state index >= 15 is 0 Å². The number of alkyl halides is 6. The number of nitrogens with one attached hydrogen (secondary N) is 1. The molecule has 1 aromatic carbocycles. The van der Waals surface area contributed by atoms with Crippen LogP contribution in [0.2, 0.25) is 0 Å². The Labute approximate surface area is 168 Å². The quantitative estimate of drug-likeness (QED) is 0.710. The van der Waals surface area contributed by atoms with Gasteiger partial charge in [0.2, 0.25) is 0 Å². The highest BCUT2D eigenvalue weighted by Gasteiger charge is 2.37. The lowest BCUT2D eigenvalue weighted by molar-refractivity contribution is -0.143. The Bertz CT molecular complexity index is 842. The molecule has 1 saturated heterocycles. The second kappa shape index (κ2) is 8.53. The van der Waals surface area contributed by atoms with Gasteiger partial charge in [0.1, 0.15) is 5.82 Å². The van der Waals surface area contributed by atoms with E-state index in [1.54, 1.807) is 6.20 Å². The van der Waals surface area contributed by atoms with Crippen LogP contribution in [-0.2, 0) is 12.4 Å². The maximum absolute atomic E-state index is 12.9. The molecule has 0 bridgehead atoms. The van der Waals surface area contributed by atoms with Crippen molar-refractivity contribution in [3.8, 4) is 0 Å². The summed E-state index contributed by atoms with van der Waals surface area (Å²) in [6.45, 7) is 1.56. The van der Waals surface area contributed by atoms with Gasteiger partial charge in [-0.05, 0) is 49.1 Å². The van der Waals surface area contributed by atoms with Gasteiger partial charge in [0.15, 0.2) is 0 Å². The Morgan fingerprint density at radius 3 is 2.10 bits per heavy atom. The van der Waals surface area contributed by atoms with Gasteiger partial charge in [-0.2, -0.15) is 26.3 Å². The molecule has 30 heavy (non-hydrogen) atoms. The number of nitrogens with zero attached hydrogens (tertiary/aromatic N) is 2. The summed E-state index contributed by atoms with van der Waals surface area (Å²) in [6, 6.07) is 6.45. The molecule has 0 unspecified atom stereocenters. The van der Waals surface area contributed by atoms with Crippen LogP contribution < -0.4 is 10.2 Å². The Balaban J connectivity index is 1.62. The molecule has 162 valence electrons. The monoisotopic (exact) mass is 431 g/mol. The number of halogens is 6. The summed E-state index contributed by atoms with van der Waals surface area (Å²) >= 11 is 0. The molecule has 0 aliphatic carbocycles. The standard InChI is InChI=1S/C20H19F6N3O/c21-19(22,23)15-9-14(10-16(11-15)20(24,25)26)18(30)28-12-13-4-7-29(8-5-13)17-3-1-2-6-27-17/h1-3,6,9-11,13H,4-5,7-8,12H2,(H,28,30). The Hall–Kier alpha value is -2.78. The van der Waals surface area contributed by atoms with Crippen molar-refractivity contribution in [2.45, 2.75) is 25.2 Å². The van der Waals surface area contributed by atoms with Crippen molar-refractivity contribution in [3.05, 3.63) is 59.3 Å². The molecule has 2 aromatic rings. The number of rotatable bonds is 4. The van der Waals surface area contributed by atoms with Gasteiger partial charge in [0.05, 0.1) is 11.1 Å². The van der Waals surface area contributed by atoms with Gasteiger partial charge < -0.3 is 10.2 Å².